The standard InChI is InChI=1S/C14H22N2O4S/c1-4-5-6-16-13(17)9-20-14-11(3)7-10(2)8-12(14)21(15,18)19/h7-8H,4-6,9H2,1-3H3,(H,16,17)(H2,15,18,19). The molecule has 0 aromatic heterocycles. The zero-order chi connectivity index (χ0) is 16.0. The summed E-state index contributed by atoms with van der Waals surface area (Å²) < 4.78 is 28.6. The summed E-state index contributed by atoms with van der Waals surface area (Å²) in [6, 6.07) is 3.21. The lowest BCUT2D eigenvalue weighted by atomic mass is 10.1. The highest BCUT2D eigenvalue weighted by Gasteiger charge is 2.19. The summed E-state index contributed by atoms with van der Waals surface area (Å²) in [6.45, 7) is 5.84. The van der Waals surface area contributed by atoms with Gasteiger partial charge in [-0.3, -0.25) is 4.79 Å². The number of nitrogens with one attached hydrogen (secondary N) is 1. The lowest BCUT2D eigenvalue weighted by molar-refractivity contribution is -0.123. The molecule has 21 heavy (non-hydrogen) atoms. The Labute approximate surface area is 125 Å². The number of benzene rings is 1. The Balaban J connectivity index is 2.86. The molecule has 0 saturated heterocycles. The summed E-state index contributed by atoms with van der Waals surface area (Å²) in [5.41, 5.74) is 1.39. The van der Waals surface area contributed by atoms with Gasteiger partial charge in [0.25, 0.3) is 5.91 Å². The quantitative estimate of drug-likeness (QED) is 0.740. The van der Waals surface area contributed by atoms with Crippen molar-refractivity contribution in [2.24, 2.45) is 5.14 Å². The molecule has 1 amide bonds. The highest BCUT2D eigenvalue weighted by molar-refractivity contribution is 7.89. The molecule has 0 spiro atoms. The van der Waals surface area contributed by atoms with Crippen molar-refractivity contribution >= 4 is 15.9 Å². The molecule has 1 aromatic rings. The predicted octanol–water partition coefficient (Wildman–Crippen LogP) is 1.25. The van der Waals surface area contributed by atoms with Crippen LogP contribution >= 0.6 is 0 Å². The Morgan fingerprint density at radius 1 is 1.33 bits per heavy atom. The minimum absolute atomic E-state index is 0.0960. The summed E-state index contributed by atoms with van der Waals surface area (Å²) in [6.07, 6.45) is 1.87. The largest absolute Gasteiger partial charge is 0.482 e. The monoisotopic (exact) mass is 314 g/mol. The molecule has 1 rings (SSSR count). The number of ether oxygens (including phenoxy) is 1. The van der Waals surface area contributed by atoms with Crippen LogP contribution in [-0.2, 0) is 14.8 Å². The van der Waals surface area contributed by atoms with E-state index in [1.807, 2.05) is 6.92 Å². The van der Waals surface area contributed by atoms with Gasteiger partial charge in [-0.05, 0) is 37.5 Å². The normalized spacial score (nSPS) is 11.2. The lowest BCUT2D eigenvalue weighted by Crippen LogP contribution is -2.30. The smallest absolute Gasteiger partial charge is 0.257 e. The molecular weight excluding hydrogens is 292 g/mol. The van der Waals surface area contributed by atoms with Crippen LogP contribution in [0.2, 0.25) is 0 Å². The second-order valence-electron chi connectivity index (χ2n) is 4.95. The Hall–Kier alpha value is -1.60. The number of hydrogen-bond donors (Lipinski definition) is 2. The lowest BCUT2D eigenvalue weighted by Gasteiger charge is -2.14. The van der Waals surface area contributed by atoms with Crippen molar-refractivity contribution in [2.45, 2.75) is 38.5 Å². The van der Waals surface area contributed by atoms with Gasteiger partial charge in [-0.2, -0.15) is 0 Å². The van der Waals surface area contributed by atoms with Gasteiger partial charge in [0.1, 0.15) is 10.6 Å². The first-order valence-corrected chi connectivity index (χ1v) is 8.34. The summed E-state index contributed by atoms with van der Waals surface area (Å²) in [5.74, 6) is -0.155. The summed E-state index contributed by atoms with van der Waals surface area (Å²) >= 11 is 0. The van der Waals surface area contributed by atoms with Crippen LogP contribution in [0.1, 0.15) is 30.9 Å². The highest BCUT2D eigenvalue weighted by atomic mass is 32.2. The molecular formula is C14H22N2O4S. The Morgan fingerprint density at radius 2 is 2.00 bits per heavy atom. The molecule has 0 bridgehead atoms. The summed E-state index contributed by atoms with van der Waals surface area (Å²) in [7, 11) is -3.90. The minimum atomic E-state index is -3.90. The molecule has 0 unspecified atom stereocenters. The van der Waals surface area contributed by atoms with Gasteiger partial charge >= 0.3 is 0 Å². The predicted molar refractivity (Wildman–Crippen MR) is 80.7 cm³/mol. The number of sulfonamides is 1. The van der Waals surface area contributed by atoms with Crippen molar-refractivity contribution in [2.75, 3.05) is 13.2 Å². The third-order valence-corrected chi connectivity index (χ3v) is 3.81. The maximum absolute atomic E-state index is 11.6. The van der Waals surface area contributed by atoms with E-state index in [1.54, 1.807) is 19.9 Å². The van der Waals surface area contributed by atoms with E-state index in [2.05, 4.69) is 5.32 Å². The van der Waals surface area contributed by atoms with Gasteiger partial charge in [0, 0.05) is 6.54 Å². The van der Waals surface area contributed by atoms with E-state index in [0.29, 0.717) is 12.1 Å². The average molecular weight is 314 g/mol. The van der Waals surface area contributed by atoms with Gasteiger partial charge in [0.2, 0.25) is 10.0 Å². The summed E-state index contributed by atoms with van der Waals surface area (Å²) in [5, 5.41) is 7.89. The molecule has 0 saturated carbocycles. The van der Waals surface area contributed by atoms with E-state index in [1.165, 1.54) is 6.07 Å². The minimum Gasteiger partial charge on any atom is -0.482 e. The SMILES string of the molecule is CCCCNC(=O)COc1c(C)cc(C)cc1S(N)(=O)=O. The molecule has 0 atom stereocenters. The van der Waals surface area contributed by atoms with Gasteiger partial charge in [-0.25, -0.2) is 13.6 Å². The van der Waals surface area contributed by atoms with Crippen molar-refractivity contribution in [3.05, 3.63) is 23.3 Å². The van der Waals surface area contributed by atoms with E-state index in [9.17, 15) is 13.2 Å². The number of carbonyl (C=O) groups is 1. The van der Waals surface area contributed by atoms with Crippen LogP contribution in [0.25, 0.3) is 0 Å². The number of amides is 1. The topological polar surface area (TPSA) is 98.5 Å². The van der Waals surface area contributed by atoms with Crippen LogP contribution in [0.5, 0.6) is 5.75 Å². The molecule has 0 fully saturated rings. The van der Waals surface area contributed by atoms with E-state index < -0.39 is 10.0 Å². The van der Waals surface area contributed by atoms with Crippen LogP contribution in [0.4, 0.5) is 0 Å². The van der Waals surface area contributed by atoms with Crippen LogP contribution in [-0.4, -0.2) is 27.5 Å². The van der Waals surface area contributed by atoms with E-state index >= 15 is 0 Å². The van der Waals surface area contributed by atoms with E-state index in [4.69, 9.17) is 9.88 Å². The number of rotatable bonds is 7. The number of nitrogens with two attached hydrogens (primary N) is 1. The second kappa shape index (κ2) is 7.42. The van der Waals surface area contributed by atoms with Crippen LogP contribution in [0.15, 0.2) is 17.0 Å². The molecule has 0 aliphatic carbocycles. The van der Waals surface area contributed by atoms with Crippen LogP contribution < -0.4 is 15.2 Å². The molecule has 0 aliphatic rings. The van der Waals surface area contributed by atoms with Crippen molar-refractivity contribution in [3.63, 3.8) is 0 Å². The number of carbonyl (C=O) groups excluding carboxylic acids is 1. The Kier molecular flexibility index (Phi) is 6.17. The molecule has 1 aromatic carbocycles. The highest BCUT2D eigenvalue weighted by Crippen LogP contribution is 2.28. The maximum Gasteiger partial charge on any atom is 0.257 e. The summed E-state index contributed by atoms with van der Waals surface area (Å²) in [4.78, 5) is 11.5. The van der Waals surface area contributed by atoms with Gasteiger partial charge < -0.3 is 10.1 Å². The van der Waals surface area contributed by atoms with Crippen LogP contribution in [0, 0.1) is 13.8 Å². The first-order valence-electron chi connectivity index (χ1n) is 6.79. The van der Waals surface area contributed by atoms with Crippen LogP contribution in [0.3, 0.4) is 0 Å². The van der Waals surface area contributed by atoms with Gasteiger partial charge in [0.05, 0.1) is 0 Å². The first-order chi connectivity index (χ1) is 9.75. The molecule has 0 radical (unpaired) electrons. The molecule has 3 N–H and O–H groups in total. The van der Waals surface area contributed by atoms with Crippen molar-refractivity contribution in [1.82, 2.24) is 5.32 Å². The third-order valence-electron chi connectivity index (χ3n) is 2.89. The molecule has 0 heterocycles. The second-order valence-corrected chi connectivity index (χ2v) is 6.48. The molecule has 118 valence electrons. The van der Waals surface area contributed by atoms with E-state index in [0.717, 1.165) is 18.4 Å². The zero-order valence-corrected chi connectivity index (χ0v) is 13.4. The van der Waals surface area contributed by atoms with Crippen molar-refractivity contribution < 1.29 is 17.9 Å². The third kappa shape index (κ3) is 5.35. The number of primary sulfonamides is 1. The fraction of sp³-hybridized carbons (Fsp3) is 0.500. The first kappa shape index (κ1) is 17.5. The van der Waals surface area contributed by atoms with Gasteiger partial charge in [-0.1, -0.05) is 19.4 Å². The Morgan fingerprint density at radius 3 is 2.57 bits per heavy atom. The van der Waals surface area contributed by atoms with Gasteiger partial charge in [-0.15, -0.1) is 0 Å². The molecule has 0 aliphatic heterocycles. The van der Waals surface area contributed by atoms with E-state index in [-0.39, 0.29) is 23.2 Å². The number of aryl methyl sites for hydroxylation is 2. The fourth-order valence-electron chi connectivity index (χ4n) is 1.91. The number of unbranched alkanes of at least 4 members (excludes halogenated alkanes) is 1. The average Bonchev–Trinajstić information content (AvgIpc) is 2.36. The molecule has 6 nitrogen and oxygen atoms in total. The fourth-order valence-corrected chi connectivity index (χ4v) is 2.73. The molecule has 7 heteroatoms. The maximum atomic E-state index is 11.6. The van der Waals surface area contributed by atoms with Gasteiger partial charge in [0.15, 0.2) is 6.61 Å². The Bertz CT molecular complexity index is 612. The van der Waals surface area contributed by atoms with Crippen molar-refractivity contribution in [3.8, 4) is 5.75 Å². The zero-order valence-electron chi connectivity index (χ0n) is 12.6. The van der Waals surface area contributed by atoms with Crippen molar-refractivity contribution in [1.29, 1.82) is 0 Å². The number of hydrogen-bond acceptors (Lipinski definition) is 4.